The van der Waals surface area contributed by atoms with E-state index in [2.05, 4.69) is 16.9 Å². The maximum atomic E-state index is 5.76. The molecule has 0 aliphatic heterocycles. The Labute approximate surface area is 73.0 Å². The summed E-state index contributed by atoms with van der Waals surface area (Å²) in [5.74, 6) is 0.843. The van der Waals surface area contributed by atoms with Gasteiger partial charge in [0.15, 0.2) is 0 Å². The van der Waals surface area contributed by atoms with Gasteiger partial charge in [-0.1, -0.05) is 6.92 Å². The maximum absolute atomic E-state index is 5.76. The molecule has 3 heteroatoms. The maximum Gasteiger partial charge on any atom is 0.129 e. The molecule has 0 bridgehead atoms. The minimum Gasteiger partial charge on any atom is -0.327 e. The average Bonchev–Trinajstić information content (AvgIpc) is 2.09. The average molecular weight is 165 g/mol. The molecule has 3 nitrogen and oxygen atoms in total. The predicted molar refractivity (Wildman–Crippen MR) is 48.7 cm³/mol. The lowest BCUT2D eigenvalue weighted by atomic mass is 10.1. The minimum absolute atomic E-state index is 0.188. The molecular weight excluding hydrogens is 150 g/mol. The van der Waals surface area contributed by atoms with Crippen LogP contribution < -0.4 is 5.73 Å². The van der Waals surface area contributed by atoms with Crippen molar-refractivity contribution in [3.63, 3.8) is 0 Å². The molecule has 1 aromatic heterocycles. The molecule has 0 spiro atoms. The van der Waals surface area contributed by atoms with Gasteiger partial charge in [0.25, 0.3) is 0 Å². The first-order valence-corrected chi connectivity index (χ1v) is 4.25. The molecule has 0 aliphatic carbocycles. The summed E-state index contributed by atoms with van der Waals surface area (Å²) in [6.07, 6.45) is 5.39. The van der Waals surface area contributed by atoms with Crippen molar-refractivity contribution in [2.75, 3.05) is 0 Å². The predicted octanol–water partition coefficient (Wildman–Crippen LogP) is 1.06. The molecule has 0 fully saturated rings. The van der Waals surface area contributed by atoms with E-state index in [1.165, 1.54) is 0 Å². The third kappa shape index (κ3) is 2.58. The third-order valence-corrected chi connectivity index (χ3v) is 1.80. The monoisotopic (exact) mass is 165 g/mol. The molecule has 12 heavy (non-hydrogen) atoms. The van der Waals surface area contributed by atoms with Crippen LogP contribution in [-0.4, -0.2) is 16.0 Å². The molecule has 0 saturated heterocycles. The van der Waals surface area contributed by atoms with E-state index in [1.807, 2.05) is 19.3 Å². The number of hydrogen-bond donors (Lipinski definition) is 1. The van der Waals surface area contributed by atoms with Gasteiger partial charge in [-0.2, -0.15) is 0 Å². The fourth-order valence-corrected chi connectivity index (χ4v) is 0.904. The summed E-state index contributed by atoms with van der Waals surface area (Å²) in [6.45, 7) is 4.04. The number of nitrogens with zero attached hydrogens (tertiary/aromatic N) is 2. The number of nitrogens with two attached hydrogens (primary N) is 1. The molecular formula is C9H15N3. The summed E-state index contributed by atoms with van der Waals surface area (Å²) >= 11 is 0. The second-order valence-electron chi connectivity index (χ2n) is 3.05. The molecule has 0 saturated carbocycles. The number of aryl methyl sites for hydroxylation is 1. The first-order chi connectivity index (χ1) is 5.72. The number of rotatable bonds is 3. The van der Waals surface area contributed by atoms with Crippen molar-refractivity contribution in [2.45, 2.75) is 32.7 Å². The van der Waals surface area contributed by atoms with Crippen molar-refractivity contribution in [3.8, 4) is 0 Å². The lowest BCUT2D eigenvalue weighted by molar-refractivity contribution is 0.624. The molecule has 1 atom stereocenters. The quantitative estimate of drug-likeness (QED) is 0.728. The highest BCUT2D eigenvalue weighted by Gasteiger charge is 2.02. The summed E-state index contributed by atoms with van der Waals surface area (Å²) in [6, 6.07) is 0.188. The second-order valence-corrected chi connectivity index (χ2v) is 3.05. The SMILES string of the molecule is CCC(N)Cc1ncc(C)cn1. The van der Waals surface area contributed by atoms with E-state index in [9.17, 15) is 0 Å². The summed E-state index contributed by atoms with van der Waals surface area (Å²) in [4.78, 5) is 8.35. The Balaban J connectivity index is 2.58. The van der Waals surface area contributed by atoms with Crippen molar-refractivity contribution in [1.82, 2.24) is 9.97 Å². The van der Waals surface area contributed by atoms with Gasteiger partial charge in [0.05, 0.1) is 0 Å². The van der Waals surface area contributed by atoms with Gasteiger partial charge < -0.3 is 5.73 Å². The van der Waals surface area contributed by atoms with E-state index >= 15 is 0 Å². The van der Waals surface area contributed by atoms with Crippen LogP contribution in [0.2, 0.25) is 0 Å². The third-order valence-electron chi connectivity index (χ3n) is 1.80. The van der Waals surface area contributed by atoms with Crippen LogP contribution in [0.3, 0.4) is 0 Å². The van der Waals surface area contributed by atoms with Crippen molar-refractivity contribution in [1.29, 1.82) is 0 Å². The molecule has 0 aliphatic rings. The molecule has 1 unspecified atom stereocenters. The fourth-order valence-electron chi connectivity index (χ4n) is 0.904. The molecule has 1 aromatic rings. The molecule has 0 aromatic carbocycles. The van der Waals surface area contributed by atoms with E-state index in [4.69, 9.17) is 5.73 Å². The summed E-state index contributed by atoms with van der Waals surface area (Å²) in [7, 11) is 0. The Morgan fingerprint density at radius 3 is 2.50 bits per heavy atom. The zero-order chi connectivity index (χ0) is 8.97. The molecule has 0 radical (unpaired) electrons. The second kappa shape index (κ2) is 4.16. The molecule has 66 valence electrons. The largest absolute Gasteiger partial charge is 0.327 e. The van der Waals surface area contributed by atoms with Gasteiger partial charge in [-0.05, 0) is 18.9 Å². The van der Waals surface area contributed by atoms with E-state index < -0.39 is 0 Å². The fraction of sp³-hybridized carbons (Fsp3) is 0.556. The first kappa shape index (κ1) is 9.13. The van der Waals surface area contributed by atoms with Crippen LogP contribution in [0.25, 0.3) is 0 Å². The molecule has 0 amide bonds. The van der Waals surface area contributed by atoms with Crippen LogP contribution in [0.15, 0.2) is 12.4 Å². The number of hydrogen-bond acceptors (Lipinski definition) is 3. The number of aromatic nitrogens is 2. The summed E-state index contributed by atoms with van der Waals surface area (Å²) in [5, 5.41) is 0. The Kier molecular flexibility index (Phi) is 3.17. The Morgan fingerprint density at radius 1 is 1.42 bits per heavy atom. The van der Waals surface area contributed by atoms with Crippen molar-refractivity contribution < 1.29 is 0 Å². The normalized spacial score (nSPS) is 12.9. The summed E-state index contributed by atoms with van der Waals surface area (Å²) < 4.78 is 0. The molecule has 1 rings (SSSR count). The minimum atomic E-state index is 0.188. The van der Waals surface area contributed by atoms with Crippen LogP contribution in [0.4, 0.5) is 0 Å². The van der Waals surface area contributed by atoms with Crippen LogP contribution in [0.5, 0.6) is 0 Å². The highest BCUT2D eigenvalue weighted by molar-refractivity contribution is 5.02. The Bertz CT molecular complexity index is 230. The van der Waals surface area contributed by atoms with E-state index in [-0.39, 0.29) is 6.04 Å². The van der Waals surface area contributed by atoms with Gasteiger partial charge in [0, 0.05) is 24.9 Å². The summed E-state index contributed by atoms with van der Waals surface area (Å²) in [5.41, 5.74) is 6.85. The lowest BCUT2D eigenvalue weighted by Crippen LogP contribution is -2.22. The van der Waals surface area contributed by atoms with Gasteiger partial charge >= 0.3 is 0 Å². The standard InChI is InChI=1S/C9H15N3/c1-3-8(10)4-9-11-5-7(2)6-12-9/h5-6,8H,3-4,10H2,1-2H3. The zero-order valence-electron chi connectivity index (χ0n) is 7.62. The van der Waals surface area contributed by atoms with Gasteiger partial charge in [-0.3, -0.25) is 0 Å². The van der Waals surface area contributed by atoms with Crippen molar-refractivity contribution >= 4 is 0 Å². The van der Waals surface area contributed by atoms with E-state index in [1.54, 1.807) is 0 Å². The van der Waals surface area contributed by atoms with Gasteiger partial charge in [-0.25, -0.2) is 9.97 Å². The Hall–Kier alpha value is -0.960. The topological polar surface area (TPSA) is 51.8 Å². The van der Waals surface area contributed by atoms with E-state index in [0.717, 1.165) is 24.2 Å². The van der Waals surface area contributed by atoms with Gasteiger partial charge in [0.2, 0.25) is 0 Å². The lowest BCUT2D eigenvalue weighted by Gasteiger charge is -2.06. The molecule has 1 heterocycles. The molecule has 2 N–H and O–H groups in total. The highest BCUT2D eigenvalue weighted by atomic mass is 14.9. The van der Waals surface area contributed by atoms with Crippen molar-refractivity contribution in [2.24, 2.45) is 5.73 Å². The van der Waals surface area contributed by atoms with Crippen LogP contribution in [-0.2, 0) is 6.42 Å². The van der Waals surface area contributed by atoms with E-state index in [0.29, 0.717) is 0 Å². The zero-order valence-corrected chi connectivity index (χ0v) is 7.62. The highest BCUT2D eigenvalue weighted by Crippen LogP contribution is 1.98. The van der Waals surface area contributed by atoms with Crippen LogP contribution >= 0.6 is 0 Å². The van der Waals surface area contributed by atoms with Crippen molar-refractivity contribution in [3.05, 3.63) is 23.8 Å². The van der Waals surface area contributed by atoms with Gasteiger partial charge in [0.1, 0.15) is 5.82 Å². The Morgan fingerprint density at radius 2 is 2.00 bits per heavy atom. The van der Waals surface area contributed by atoms with Gasteiger partial charge in [-0.15, -0.1) is 0 Å². The van der Waals surface area contributed by atoms with Crippen LogP contribution in [0.1, 0.15) is 24.7 Å². The van der Waals surface area contributed by atoms with Crippen LogP contribution in [0, 0.1) is 6.92 Å². The smallest absolute Gasteiger partial charge is 0.129 e. The first-order valence-electron chi connectivity index (χ1n) is 4.25.